The number of amides is 3. The van der Waals surface area contributed by atoms with E-state index in [1.807, 2.05) is 36.4 Å². The van der Waals surface area contributed by atoms with Gasteiger partial charge in [-0.25, -0.2) is 18.7 Å². The molecule has 50 heavy (non-hydrogen) atoms. The van der Waals surface area contributed by atoms with E-state index in [1.54, 1.807) is 63.0 Å². The van der Waals surface area contributed by atoms with E-state index in [9.17, 15) is 14.4 Å². The average Bonchev–Trinajstić information content (AvgIpc) is 3.68. The number of carbonyl (C=O) groups excluding carboxylic acids is 3. The molecule has 0 spiro atoms. The van der Waals surface area contributed by atoms with Crippen molar-refractivity contribution in [2.24, 2.45) is 0 Å². The third kappa shape index (κ3) is 9.63. The van der Waals surface area contributed by atoms with Crippen molar-refractivity contribution in [3.63, 3.8) is 0 Å². The van der Waals surface area contributed by atoms with Crippen LogP contribution in [0.25, 0.3) is 11.1 Å². The standard InChI is InChI=1S/C35H37Cl2FN6O6/c1-35(2,3)50-33(46)42(19-25-20-43(41-40-25)18-23-7-12-27(48-4)13-8-23)17-22-5-9-24(10-6-22)29-14-11-26(15-30(29)38)44-21-28(49-34(44)47)16-39-32(45)31(36)37/h5-15,20,28,31H,16-19,21H2,1-4H3,(H,39,45)/t28-/m0/s1. The Kier molecular flexibility index (Phi) is 11.5. The van der Waals surface area contributed by atoms with E-state index in [0.29, 0.717) is 29.1 Å². The third-order valence-corrected chi connectivity index (χ3v) is 7.97. The van der Waals surface area contributed by atoms with Crippen LogP contribution < -0.4 is 15.0 Å². The van der Waals surface area contributed by atoms with Gasteiger partial charge in [0.05, 0.1) is 45.2 Å². The molecule has 0 radical (unpaired) electrons. The highest BCUT2D eigenvalue weighted by atomic mass is 35.5. The van der Waals surface area contributed by atoms with Gasteiger partial charge in [0.25, 0.3) is 5.91 Å². The highest BCUT2D eigenvalue weighted by Crippen LogP contribution is 2.30. The molecule has 1 atom stereocenters. The number of hydrogen-bond acceptors (Lipinski definition) is 8. The molecule has 1 aliphatic heterocycles. The number of methoxy groups -OCH3 is 1. The lowest BCUT2D eigenvalue weighted by molar-refractivity contribution is -0.119. The molecular weight excluding hydrogens is 690 g/mol. The lowest BCUT2D eigenvalue weighted by Gasteiger charge is -2.27. The van der Waals surface area contributed by atoms with Crippen LogP contribution in [0.4, 0.5) is 19.7 Å². The second-order valence-electron chi connectivity index (χ2n) is 12.6. The molecule has 4 aromatic rings. The van der Waals surface area contributed by atoms with E-state index in [-0.39, 0.29) is 26.2 Å². The maximum Gasteiger partial charge on any atom is 0.414 e. The Morgan fingerprint density at radius 2 is 1.76 bits per heavy atom. The fourth-order valence-corrected chi connectivity index (χ4v) is 5.31. The molecule has 0 unspecified atom stereocenters. The maximum atomic E-state index is 15.4. The molecule has 0 aliphatic carbocycles. The molecule has 1 fully saturated rings. The summed E-state index contributed by atoms with van der Waals surface area (Å²) in [5.41, 5.74) is 2.91. The number of ether oxygens (including phenoxy) is 3. The van der Waals surface area contributed by atoms with E-state index >= 15 is 4.39 Å². The monoisotopic (exact) mass is 726 g/mol. The fourth-order valence-electron chi connectivity index (χ4n) is 5.16. The van der Waals surface area contributed by atoms with Gasteiger partial charge in [0.15, 0.2) is 4.84 Å². The number of aromatic nitrogens is 3. The molecule has 0 bridgehead atoms. The van der Waals surface area contributed by atoms with Gasteiger partial charge in [-0.05, 0) is 67.8 Å². The van der Waals surface area contributed by atoms with Gasteiger partial charge in [0.1, 0.15) is 29.0 Å². The van der Waals surface area contributed by atoms with Gasteiger partial charge < -0.3 is 19.5 Å². The number of carbonyl (C=O) groups is 3. The summed E-state index contributed by atoms with van der Waals surface area (Å²) in [6.45, 7) is 6.37. The molecule has 1 aliphatic rings. The van der Waals surface area contributed by atoms with Crippen LogP contribution in [-0.4, -0.2) is 74.7 Å². The number of nitrogens with zero attached hydrogens (tertiary/aromatic N) is 5. The number of hydrogen-bond donors (Lipinski definition) is 1. The van der Waals surface area contributed by atoms with Gasteiger partial charge in [-0.15, -0.1) is 5.10 Å². The zero-order valence-corrected chi connectivity index (χ0v) is 29.4. The minimum atomic E-state index is -1.24. The van der Waals surface area contributed by atoms with Crippen molar-refractivity contribution in [3.05, 3.63) is 95.6 Å². The molecule has 3 amide bonds. The van der Waals surface area contributed by atoms with E-state index in [2.05, 4.69) is 15.6 Å². The Morgan fingerprint density at radius 1 is 1.06 bits per heavy atom. The van der Waals surface area contributed by atoms with Crippen LogP contribution in [0.3, 0.4) is 0 Å². The summed E-state index contributed by atoms with van der Waals surface area (Å²) >= 11 is 11.1. The first-order valence-corrected chi connectivity index (χ1v) is 16.6. The lowest BCUT2D eigenvalue weighted by Crippen LogP contribution is -2.37. The summed E-state index contributed by atoms with van der Waals surface area (Å²) in [5, 5.41) is 11.0. The lowest BCUT2D eigenvalue weighted by atomic mass is 10.0. The van der Waals surface area contributed by atoms with Crippen molar-refractivity contribution in [1.29, 1.82) is 0 Å². The van der Waals surface area contributed by atoms with Crippen molar-refractivity contribution in [2.75, 3.05) is 25.1 Å². The van der Waals surface area contributed by atoms with E-state index in [1.165, 1.54) is 15.9 Å². The first kappa shape index (κ1) is 36.4. The summed E-state index contributed by atoms with van der Waals surface area (Å²) in [4.78, 5) is 38.9. The van der Waals surface area contributed by atoms with Crippen LogP contribution in [0.1, 0.15) is 37.6 Å². The van der Waals surface area contributed by atoms with Crippen molar-refractivity contribution < 1.29 is 33.0 Å². The van der Waals surface area contributed by atoms with Crippen LogP contribution in [0.2, 0.25) is 0 Å². The molecular formula is C35H37Cl2FN6O6. The second-order valence-corrected chi connectivity index (χ2v) is 13.7. The van der Waals surface area contributed by atoms with Gasteiger partial charge in [-0.2, -0.15) is 0 Å². The number of nitrogens with one attached hydrogen (secondary N) is 1. The predicted octanol–water partition coefficient (Wildman–Crippen LogP) is 6.32. The maximum absolute atomic E-state index is 15.4. The predicted molar refractivity (Wildman–Crippen MR) is 186 cm³/mol. The van der Waals surface area contributed by atoms with Gasteiger partial charge >= 0.3 is 12.2 Å². The average molecular weight is 728 g/mol. The van der Waals surface area contributed by atoms with Crippen LogP contribution >= 0.6 is 23.2 Å². The molecule has 15 heteroatoms. The third-order valence-electron chi connectivity index (χ3n) is 7.57. The van der Waals surface area contributed by atoms with Gasteiger partial charge in [-0.1, -0.05) is 64.8 Å². The minimum absolute atomic E-state index is 0.0139. The normalized spacial score (nSPS) is 14.4. The Balaban J connectivity index is 1.25. The van der Waals surface area contributed by atoms with Crippen LogP contribution in [0, 0.1) is 5.82 Å². The number of halogens is 3. The molecule has 12 nitrogen and oxygen atoms in total. The summed E-state index contributed by atoms with van der Waals surface area (Å²) < 4.78 is 33.3. The molecule has 2 heterocycles. The van der Waals surface area contributed by atoms with Gasteiger partial charge in [0, 0.05) is 12.1 Å². The molecule has 1 aromatic heterocycles. The Labute approximate surface area is 299 Å². The van der Waals surface area contributed by atoms with Crippen molar-refractivity contribution in [3.8, 4) is 16.9 Å². The van der Waals surface area contributed by atoms with Crippen LogP contribution in [-0.2, 0) is 33.9 Å². The fraction of sp³-hybridized carbons (Fsp3) is 0.343. The van der Waals surface area contributed by atoms with Crippen molar-refractivity contribution in [1.82, 2.24) is 25.2 Å². The number of cyclic esters (lactones) is 1. The number of anilines is 1. The zero-order valence-electron chi connectivity index (χ0n) is 27.9. The van der Waals surface area contributed by atoms with Crippen LogP contribution in [0.5, 0.6) is 5.75 Å². The summed E-state index contributed by atoms with van der Waals surface area (Å²) in [7, 11) is 1.61. The smallest absolute Gasteiger partial charge is 0.414 e. The quantitative estimate of drug-likeness (QED) is 0.168. The Hall–Kier alpha value is -4.88. The van der Waals surface area contributed by atoms with Crippen molar-refractivity contribution in [2.45, 2.75) is 56.9 Å². The topological polar surface area (TPSA) is 128 Å². The van der Waals surface area contributed by atoms with E-state index < -0.39 is 40.5 Å². The van der Waals surface area contributed by atoms with Gasteiger partial charge in [0.2, 0.25) is 0 Å². The minimum Gasteiger partial charge on any atom is -0.497 e. The van der Waals surface area contributed by atoms with E-state index in [0.717, 1.165) is 16.9 Å². The summed E-state index contributed by atoms with van der Waals surface area (Å²) in [6, 6.07) is 19.2. The molecule has 0 saturated carbocycles. The highest BCUT2D eigenvalue weighted by molar-refractivity contribution is 6.53. The number of alkyl halides is 2. The Bertz CT molecular complexity index is 1810. The zero-order chi connectivity index (χ0) is 36.0. The van der Waals surface area contributed by atoms with Crippen molar-refractivity contribution >= 4 is 47.0 Å². The number of benzene rings is 3. The molecule has 3 aromatic carbocycles. The first-order chi connectivity index (χ1) is 23.8. The summed E-state index contributed by atoms with van der Waals surface area (Å²) in [5.74, 6) is -0.385. The summed E-state index contributed by atoms with van der Waals surface area (Å²) in [6.07, 6.45) is -0.0437. The number of rotatable bonds is 12. The molecule has 1 saturated heterocycles. The van der Waals surface area contributed by atoms with Gasteiger partial charge in [-0.3, -0.25) is 14.6 Å². The Morgan fingerprint density at radius 3 is 2.40 bits per heavy atom. The molecule has 264 valence electrons. The molecule has 5 rings (SSSR count). The SMILES string of the molecule is COc1ccc(Cn2cc(CN(Cc3ccc(-c4ccc(N5C[C@H](CNC(=O)C(Cl)Cl)OC5=O)cc4F)cc3)C(=O)OC(C)(C)C)nn2)cc1. The second kappa shape index (κ2) is 15.8. The molecule has 1 N–H and O–H groups in total. The van der Waals surface area contributed by atoms with Crippen LogP contribution in [0.15, 0.2) is 72.9 Å². The largest absolute Gasteiger partial charge is 0.497 e. The first-order valence-electron chi connectivity index (χ1n) is 15.7. The van der Waals surface area contributed by atoms with E-state index in [4.69, 9.17) is 37.4 Å². The highest BCUT2D eigenvalue weighted by Gasteiger charge is 2.33.